The van der Waals surface area contributed by atoms with Gasteiger partial charge in [-0.25, -0.2) is 15.0 Å². The number of carbonyl (C=O) groups excluding carboxylic acids is 3. The highest BCUT2D eigenvalue weighted by molar-refractivity contribution is 6.09. The van der Waals surface area contributed by atoms with E-state index in [0.29, 0.717) is 34.9 Å². The highest BCUT2D eigenvalue weighted by atomic mass is 19.4. The molecule has 10 nitrogen and oxygen atoms in total. The predicted octanol–water partition coefficient (Wildman–Crippen LogP) is 4.74. The maximum absolute atomic E-state index is 13.8. The minimum atomic E-state index is -4.72. The molecule has 4 heterocycles. The molecule has 4 aromatic rings. The van der Waals surface area contributed by atoms with Crippen LogP contribution in [0.25, 0.3) is 22.0 Å². The van der Waals surface area contributed by atoms with Crippen LogP contribution in [0.15, 0.2) is 43.1 Å². The van der Waals surface area contributed by atoms with Crippen LogP contribution in [0.3, 0.4) is 0 Å². The van der Waals surface area contributed by atoms with Crippen molar-refractivity contribution in [3.05, 3.63) is 65.8 Å². The number of anilines is 1. The van der Waals surface area contributed by atoms with Gasteiger partial charge in [-0.05, 0) is 62.3 Å². The van der Waals surface area contributed by atoms with Crippen molar-refractivity contribution in [1.82, 2.24) is 29.4 Å². The van der Waals surface area contributed by atoms with Crippen LogP contribution >= 0.6 is 0 Å². The molecule has 0 radical (unpaired) electrons. The maximum Gasteiger partial charge on any atom is 0.434 e. The summed E-state index contributed by atoms with van der Waals surface area (Å²) in [6.07, 6.45) is 3.07. The molecule has 1 aliphatic heterocycles. The second-order valence-corrected chi connectivity index (χ2v) is 11.6. The van der Waals surface area contributed by atoms with Crippen molar-refractivity contribution in [3.8, 4) is 11.1 Å². The SMILES string of the molecule is CC(=O)c1cn(CC(=O)N2[C@H](C(=O)Nc3cncc(C(F)(F)F)n3)C[C@@]3(C)C[C@@H]23)c2c(C)cc(-c3cnc(C)nc3)cc12. The van der Waals surface area contributed by atoms with E-state index in [1.807, 2.05) is 26.0 Å². The number of nitrogens with one attached hydrogen (secondary N) is 1. The molecular weight excluding hydrogens is 563 g/mol. The average Bonchev–Trinajstić information content (AvgIpc) is 3.29. The molecule has 0 bridgehead atoms. The van der Waals surface area contributed by atoms with Crippen molar-refractivity contribution in [2.45, 2.75) is 65.3 Å². The van der Waals surface area contributed by atoms with Crippen molar-refractivity contribution in [3.63, 3.8) is 0 Å². The van der Waals surface area contributed by atoms with Crippen molar-refractivity contribution in [2.75, 3.05) is 5.32 Å². The van der Waals surface area contributed by atoms with Crippen LogP contribution in [-0.4, -0.2) is 59.1 Å². The Labute approximate surface area is 244 Å². The van der Waals surface area contributed by atoms with Gasteiger partial charge >= 0.3 is 6.18 Å². The molecule has 3 aromatic heterocycles. The number of rotatable bonds is 6. The van der Waals surface area contributed by atoms with Gasteiger partial charge in [0.25, 0.3) is 0 Å². The number of nitrogens with zero attached hydrogens (tertiary/aromatic N) is 6. The zero-order valence-electron chi connectivity index (χ0n) is 23.9. The largest absolute Gasteiger partial charge is 0.434 e. The van der Waals surface area contributed by atoms with E-state index < -0.39 is 23.8 Å². The Balaban J connectivity index is 1.29. The van der Waals surface area contributed by atoms with Crippen molar-refractivity contribution in [1.29, 1.82) is 0 Å². The van der Waals surface area contributed by atoms with E-state index in [1.165, 1.54) is 11.8 Å². The average molecular weight is 592 g/mol. The highest BCUT2D eigenvalue weighted by Gasteiger charge is 2.64. The van der Waals surface area contributed by atoms with Crippen molar-refractivity contribution in [2.24, 2.45) is 5.41 Å². The molecule has 1 aliphatic carbocycles. The predicted molar refractivity (Wildman–Crippen MR) is 150 cm³/mol. The topological polar surface area (TPSA) is 123 Å². The third-order valence-corrected chi connectivity index (χ3v) is 8.36. The van der Waals surface area contributed by atoms with E-state index in [4.69, 9.17) is 0 Å². The molecule has 6 rings (SSSR count). The number of likely N-dealkylation sites (tertiary alicyclic amines) is 1. The van der Waals surface area contributed by atoms with Gasteiger partial charge in [0.2, 0.25) is 11.8 Å². The fraction of sp³-hybridized carbons (Fsp3) is 0.367. The van der Waals surface area contributed by atoms with Crippen LogP contribution in [0.5, 0.6) is 0 Å². The fourth-order valence-corrected chi connectivity index (χ4v) is 6.13. The standard InChI is InChI=1S/C30H28F3N7O3/c1-15-5-18(19-9-35-17(3)36-10-19)6-20-21(16(2)41)13-39(27(15)20)14-26(42)40-22(7-29(4)8-24(29)40)28(43)38-25-12-34-11-23(37-25)30(31,32)33/h5-6,9-13,22,24H,7-8,14H2,1-4H3,(H,37,38,43)/t22-,24+,29-/m0/s1. The van der Waals surface area contributed by atoms with Gasteiger partial charge in [-0.3, -0.25) is 19.4 Å². The van der Waals surface area contributed by atoms with E-state index in [1.54, 1.807) is 30.1 Å². The van der Waals surface area contributed by atoms with Crippen LogP contribution in [0.2, 0.25) is 0 Å². The Bertz CT molecular complexity index is 1800. The van der Waals surface area contributed by atoms with Gasteiger partial charge in [0.15, 0.2) is 17.3 Å². The molecular formula is C30H28F3N7O3. The van der Waals surface area contributed by atoms with Gasteiger partial charge in [0.05, 0.1) is 17.9 Å². The third-order valence-electron chi connectivity index (χ3n) is 8.36. The van der Waals surface area contributed by atoms with E-state index in [9.17, 15) is 27.6 Å². The second-order valence-electron chi connectivity index (χ2n) is 11.6. The van der Waals surface area contributed by atoms with Crippen LogP contribution in [0.1, 0.15) is 54.1 Å². The quantitative estimate of drug-likeness (QED) is 0.321. The van der Waals surface area contributed by atoms with Gasteiger partial charge in [-0.2, -0.15) is 13.2 Å². The van der Waals surface area contributed by atoms with Crippen molar-refractivity contribution >= 4 is 34.3 Å². The summed E-state index contributed by atoms with van der Waals surface area (Å²) in [5.74, 6) is -0.824. The van der Waals surface area contributed by atoms with Gasteiger partial charge in [-0.1, -0.05) is 6.92 Å². The fourth-order valence-electron chi connectivity index (χ4n) is 6.13. The number of halogens is 3. The van der Waals surface area contributed by atoms with E-state index in [-0.39, 0.29) is 35.5 Å². The molecule has 1 N–H and O–H groups in total. The molecule has 222 valence electrons. The first-order valence-electron chi connectivity index (χ1n) is 13.7. The molecule has 0 spiro atoms. The summed E-state index contributed by atoms with van der Waals surface area (Å²) >= 11 is 0. The van der Waals surface area contributed by atoms with Gasteiger partial charge in [-0.15, -0.1) is 0 Å². The zero-order chi connectivity index (χ0) is 30.8. The lowest BCUT2D eigenvalue weighted by Crippen LogP contribution is -2.46. The molecule has 2 aliphatic rings. The number of hydrogen-bond donors (Lipinski definition) is 1. The van der Waals surface area contributed by atoms with E-state index >= 15 is 0 Å². The number of aryl methyl sites for hydroxylation is 2. The molecule has 13 heteroatoms. The molecule has 2 amide bonds. The summed E-state index contributed by atoms with van der Waals surface area (Å²) in [4.78, 5) is 56.9. The summed E-state index contributed by atoms with van der Waals surface area (Å²) in [7, 11) is 0. The van der Waals surface area contributed by atoms with E-state index in [2.05, 4.69) is 25.3 Å². The lowest BCUT2D eigenvalue weighted by atomic mass is 10.0. The number of benzene rings is 1. The monoisotopic (exact) mass is 591 g/mol. The maximum atomic E-state index is 13.8. The number of hydrogen-bond acceptors (Lipinski definition) is 7. The van der Waals surface area contributed by atoms with Crippen LogP contribution in [0, 0.1) is 19.3 Å². The number of ketones is 1. The highest BCUT2D eigenvalue weighted by Crippen LogP contribution is 2.59. The number of aromatic nitrogens is 5. The van der Waals surface area contributed by atoms with Crippen LogP contribution in [0.4, 0.5) is 19.0 Å². The Morgan fingerprint density at radius 3 is 2.44 bits per heavy atom. The number of amides is 2. The molecule has 43 heavy (non-hydrogen) atoms. The minimum Gasteiger partial charge on any atom is -0.337 e. The summed E-state index contributed by atoms with van der Waals surface area (Å²) in [5.41, 5.74) is 2.14. The Morgan fingerprint density at radius 2 is 1.77 bits per heavy atom. The summed E-state index contributed by atoms with van der Waals surface area (Å²) in [6, 6.07) is 2.76. The normalized spacial score (nSPS) is 21.1. The Hall–Kier alpha value is -4.68. The summed E-state index contributed by atoms with van der Waals surface area (Å²) in [6.45, 7) is 7.00. The molecule has 1 saturated heterocycles. The first-order chi connectivity index (χ1) is 20.2. The van der Waals surface area contributed by atoms with Gasteiger partial charge in [0.1, 0.15) is 18.4 Å². The molecule has 3 atom stereocenters. The van der Waals surface area contributed by atoms with Crippen molar-refractivity contribution < 1.29 is 27.6 Å². The number of carbonyl (C=O) groups is 3. The van der Waals surface area contributed by atoms with Crippen LogP contribution in [-0.2, 0) is 22.3 Å². The lowest BCUT2D eigenvalue weighted by Gasteiger charge is -2.27. The molecule has 0 unspecified atom stereocenters. The zero-order valence-corrected chi connectivity index (χ0v) is 23.9. The second kappa shape index (κ2) is 9.96. The first-order valence-corrected chi connectivity index (χ1v) is 13.7. The Kier molecular flexibility index (Phi) is 6.58. The molecule has 1 aromatic carbocycles. The van der Waals surface area contributed by atoms with Crippen LogP contribution < -0.4 is 5.32 Å². The number of alkyl halides is 3. The van der Waals surface area contributed by atoms with E-state index in [0.717, 1.165) is 29.3 Å². The molecule has 1 saturated carbocycles. The first kappa shape index (κ1) is 28.4. The lowest BCUT2D eigenvalue weighted by molar-refractivity contribution is -0.141. The number of Topliss-reactive ketones (excluding diaryl/α,β-unsaturated/α-hetero) is 1. The summed E-state index contributed by atoms with van der Waals surface area (Å²) < 4.78 is 41.0. The number of fused-ring (bicyclic) bond motifs is 2. The minimum absolute atomic E-state index is 0.128. The summed E-state index contributed by atoms with van der Waals surface area (Å²) in [5, 5.41) is 3.10. The molecule has 2 fully saturated rings. The third kappa shape index (κ3) is 5.12. The van der Waals surface area contributed by atoms with Gasteiger partial charge < -0.3 is 14.8 Å². The van der Waals surface area contributed by atoms with Gasteiger partial charge in [0, 0.05) is 41.1 Å². The smallest absolute Gasteiger partial charge is 0.337 e. The Morgan fingerprint density at radius 1 is 1.05 bits per heavy atom. The number of piperidine rings is 1.